The monoisotopic (exact) mass is 352 g/mol. The number of hydrogen-bond donors (Lipinski definition) is 0. The SMILES string of the molecule is O=C(CC1(C(=O)OCc2ccccc2)CCCCC1)Oc1ccccc1. The van der Waals surface area contributed by atoms with Crippen LogP contribution in [0.3, 0.4) is 0 Å². The lowest BCUT2D eigenvalue weighted by Gasteiger charge is -2.34. The van der Waals surface area contributed by atoms with E-state index in [-0.39, 0.29) is 25.0 Å². The van der Waals surface area contributed by atoms with Crippen molar-refractivity contribution in [3.05, 3.63) is 66.2 Å². The van der Waals surface area contributed by atoms with Gasteiger partial charge >= 0.3 is 11.9 Å². The molecule has 0 aromatic heterocycles. The second-order valence-electron chi connectivity index (χ2n) is 6.87. The lowest BCUT2D eigenvalue weighted by atomic mass is 9.72. The molecule has 1 aliphatic rings. The van der Waals surface area contributed by atoms with Crippen molar-refractivity contribution < 1.29 is 19.1 Å². The molecule has 0 spiro atoms. The van der Waals surface area contributed by atoms with E-state index in [0.717, 1.165) is 24.8 Å². The maximum atomic E-state index is 12.9. The molecular weight excluding hydrogens is 328 g/mol. The fraction of sp³-hybridized carbons (Fsp3) is 0.364. The normalized spacial score (nSPS) is 15.8. The van der Waals surface area contributed by atoms with Crippen molar-refractivity contribution in [2.75, 3.05) is 0 Å². The van der Waals surface area contributed by atoms with E-state index in [9.17, 15) is 9.59 Å². The first kappa shape index (κ1) is 18.2. The third-order valence-electron chi connectivity index (χ3n) is 4.91. The Morgan fingerprint density at radius 2 is 1.46 bits per heavy atom. The zero-order valence-electron chi connectivity index (χ0n) is 14.9. The molecule has 1 aliphatic carbocycles. The largest absolute Gasteiger partial charge is 0.460 e. The average Bonchev–Trinajstić information content (AvgIpc) is 2.68. The van der Waals surface area contributed by atoms with Crippen molar-refractivity contribution in [3.8, 4) is 5.75 Å². The standard InChI is InChI=1S/C22H24O4/c23-20(26-19-12-6-2-7-13-19)16-22(14-8-3-9-15-22)21(24)25-17-18-10-4-1-5-11-18/h1-2,4-7,10-13H,3,8-9,14-17H2. The first-order chi connectivity index (χ1) is 12.7. The minimum Gasteiger partial charge on any atom is -0.460 e. The van der Waals surface area contributed by atoms with Gasteiger partial charge in [0.25, 0.3) is 0 Å². The fourth-order valence-corrected chi connectivity index (χ4v) is 3.49. The third-order valence-corrected chi connectivity index (χ3v) is 4.91. The number of carbonyl (C=O) groups excluding carboxylic acids is 2. The van der Waals surface area contributed by atoms with Crippen LogP contribution in [0.1, 0.15) is 44.1 Å². The summed E-state index contributed by atoms with van der Waals surface area (Å²) in [7, 11) is 0. The van der Waals surface area contributed by atoms with Crippen molar-refractivity contribution in [1.82, 2.24) is 0 Å². The van der Waals surface area contributed by atoms with Gasteiger partial charge in [0.05, 0.1) is 11.8 Å². The Balaban J connectivity index is 1.65. The van der Waals surface area contributed by atoms with Crippen LogP contribution in [-0.2, 0) is 20.9 Å². The van der Waals surface area contributed by atoms with Gasteiger partial charge in [0.1, 0.15) is 12.4 Å². The summed E-state index contributed by atoms with van der Waals surface area (Å²) in [6, 6.07) is 18.6. The van der Waals surface area contributed by atoms with Crippen LogP contribution in [0.2, 0.25) is 0 Å². The number of para-hydroxylation sites is 1. The van der Waals surface area contributed by atoms with Gasteiger partial charge in [0.15, 0.2) is 0 Å². The van der Waals surface area contributed by atoms with Crippen molar-refractivity contribution in [2.45, 2.75) is 45.1 Å². The molecule has 3 rings (SSSR count). The third kappa shape index (κ3) is 4.72. The molecule has 2 aromatic carbocycles. The van der Waals surface area contributed by atoms with Crippen LogP contribution in [0, 0.1) is 5.41 Å². The molecule has 0 radical (unpaired) electrons. The van der Waals surface area contributed by atoms with Gasteiger partial charge < -0.3 is 9.47 Å². The Labute approximate surface area is 154 Å². The van der Waals surface area contributed by atoms with E-state index < -0.39 is 5.41 Å². The van der Waals surface area contributed by atoms with E-state index in [0.29, 0.717) is 18.6 Å². The summed E-state index contributed by atoms with van der Waals surface area (Å²) in [6.45, 7) is 0.231. The molecule has 0 bridgehead atoms. The Hall–Kier alpha value is -2.62. The lowest BCUT2D eigenvalue weighted by molar-refractivity contribution is -0.164. The molecular formula is C22H24O4. The average molecular weight is 352 g/mol. The molecule has 26 heavy (non-hydrogen) atoms. The topological polar surface area (TPSA) is 52.6 Å². The molecule has 0 N–H and O–H groups in total. The van der Waals surface area contributed by atoms with Gasteiger partial charge in [0.2, 0.25) is 0 Å². The van der Waals surface area contributed by atoms with Crippen molar-refractivity contribution in [1.29, 1.82) is 0 Å². The molecule has 1 saturated carbocycles. The molecule has 0 unspecified atom stereocenters. The smallest absolute Gasteiger partial charge is 0.312 e. The second-order valence-corrected chi connectivity index (χ2v) is 6.87. The number of rotatable bonds is 6. The molecule has 2 aromatic rings. The molecule has 0 atom stereocenters. The van der Waals surface area contributed by atoms with Gasteiger partial charge in [-0.2, -0.15) is 0 Å². The van der Waals surface area contributed by atoms with Gasteiger partial charge in [-0.3, -0.25) is 9.59 Å². The molecule has 136 valence electrons. The molecule has 0 heterocycles. The van der Waals surface area contributed by atoms with Crippen molar-refractivity contribution in [3.63, 3.8) is 0 Å². The van der Waals surface area contributed by atoms with E-state index in [1.807, 2.05) is 48.5 Å². The van der Waals surface area contributed by atoms with E-state index in [2.05, 4.69) is 0 Å². The Morgan fingerprint density at radius 1 is 0.846 bits per heavy atom. The number of hydrogen-bond acceptors (Lipinski definition) is 4. The Bertz CT molecular complexity index is 718. The summed E-state index contributed by atoms with van der Waals surface area (Å²) in [4.78, 5) is 25.3. The van der Waals surface area contributed by atoms with Crippen LogP contribution in [0.4, 0.5) is 0 Å². The maximum absolute atomic E-state index is 12.9. The second kappa shape index (κ2) is 8.65. The van der Waals surface area contributed by atoms with Gasteiger partial charge in [0, 0.05) is 0 Å². The first-order valence-electron chi connectivity index (χ1n) is 9.15. The van der Waals surface area contributed by atoms with Gasteiger partial charge in [-0.05, 0) is 30.5 Å². The summed E-state index contributed by atoms with van der Waals surface area (Å²) in [5.74, 6) is -0.165. The first-order valence-corrected chi connectivity index (χ1v) is 9.15. The summed E-state index contributed by atoms with van der Waals surface area (Å²) < 4.78 is 11.0. The zero-order chi connectivity index (χ0) is 18.2. The summed E-state index contributed by atoms with van der Waals surface area (Å²) in [6.07, 6.45) is 4.35. The Kier molecular flexibility index (Phi) is 6.05. The van der Waals surface area contributed by atoms with Crippen molar-refractivity contribution >= 4 is 11.9 Å². The Morgan fingerprint density at radius 3 is 2.12 bits per heavy atom. The van der Waals surface area contributed by atoms with Crippen LogP contribution in [0.25, 0.3) is 0 Å². The van der Waals surface area contributed by atoms with E-state index >= 15 is 0 Å². The zero-order valence-corrected chi connectivity index (χ0v) is 14.9. The maximum Gasteiger partial charge on any atom is 0.312 e. The van der Waals surface area contributed by atoms with Gasteiger partial charge in [-0.15, -0.1) is 0 Å². The highest BCUT2D eigenvalue weighted by atomic mass is 16.5. The molecule has 0 aliphatic heterocycles. The molecule has 4 nitrogen and oxygen atoms in total. The van der Waals surface area contributed by atoms with Crippen LogP contribution < -0.4 is 4.74 Å². The molecule has 4 heteroatoms. The minimum atomic E-state index is -0.765. The van der Waals surface area contributed by atoms with Gasteiger partial charge in [-0.25, -0.2) is 0 Å². The van der Waals surface area contributed by atoms with Crippen LogP contribution in [0.15, 0.2) is 60.7 Å². The molecule has 0 saturated heterocycles. The number of ether oxygens (including phenoxy) is 2. The van der Waals surface area contributed by atoms with Gasteiger partial charge in [-0.1, -0.05) is 67.8 Å². The summed E-state index contributed by atoms with van der Waals surface area (Å²) in [5.41, 5.74) is 0.178. The number of esters is 2. The predicted octanol–water partition coefficient (Wildman–Crippen LogP) is 4.68. The molecule has 1 fully saturated rings. The van der Waals surface area contributed by atoms with Crippen LogP contribution >= 0.6 is 0 Å². The molecule has 0 amide bonds. The van der Waals surface area contributed by atoms with E-state index in [1.54, 1.807) is 12.1 Å². The highest BCUT2D eigenvalue weighted by Gasteiger charge is 2.43. The number of carbonyl (C=O) groups is 2. The van der Waals surface area contributed by atoms with Crippen LogP contribution in [0.5, 0.6) is 5.75 Å². The van der Waals surface area contributed by atoms with Crippen molar-refractivity contribution in [2.24, 2.45) is 5.41 Å². The highest BCUT2D eigenvalue weighted by molar-refractivity contribution is 5.84. The summed E-state index contributed by atoms with van der Waals surface area (Å²) in [5, 5.41) is 0. The summed E-state index contributed by atoms with van der Waals surface area (Å²) >= 11 is 0. The van der Waals surface area contributed by atoms with Crippen LogP contribution in [-0.4, -0.2) is 11.9 Å². The van der Waals surface area contributed by atoms with E-state index in [4.69, 9.17) is 9.47 Å². The predicted molar refractivity (Wildman–Crippen MR) is 98.5 cm³/mol. The lowest BCUT2D eigenvalue weighted by Crippen LogP contribution is -2.38. The fourth-order valence-electron chi connectivity index (χ4n) is 3.49. The highest BCUT2D eigenvalue weighted by Crippen LogP contribution is 2.41. The quantitative estimate of drug-likeness (QED) is 0.560. The number of benzene rings is 2. The minimum absolute atomic E-state index is 0.0650. The van der Waals surface area contributed by atoms with E-state index in [1.165, 1.54) is 0 Å².